The summed E-state index contributed by atoms with van der Waals surface area (Å²) in [6.45, 7) is 2.46. The van der Waals surface area contributed by atoms with E-state index in [0.29, 0.717) is 26.4 Å². The number of nitrogens with zero attached hydrogens (tertiary/aromatic N) is 3. The summed E-state index contributed by atoms with van der Waals surface area (Å²) in [6, 6.07) is 10.1. The monoisotopic (exact) mass is 339 g/mol. The first-order chi connectivity index (χ1) is 9.81. The molecule has 2 aromatic rings. The number of halogens is 1. The van der Waals surface area contributed by atoms with Crippen LogP contribution < -0.4 is 0 Å². The lowest BCUT2D eigenvalue weighted by Crippen LogP contribution is -2.13. The molecule has 1 unspecified atom stereocenters. The quantitative estimate of drug-likeness (QED) is 0.547. The van der Waals surface area contributed by atoms with E-state index >= 15 is 0 Å². The van der Waals surface area contributed by atoms with Crippen molar-refractivity contribution in [1.82, 2.24) is 15.0 Å². The zero-order chi connectivity index (χ0) is 14.2. The average molecular weight is 340 g/mol. The minimum atomic E-state index is 0.0941. The highest BCUT2D eigenvalue weighted by Gasteiger charge is 2.13. The van der Waals surface area contributed by atoms with Crippen molar-refractivity contribution in [1.29, 1.82) is 0 Å². The first kappa shape index (κ1) is 15.2. The number of alkyl halides is 1. The predicted octanol–water partition coefficient (Wildman–Crippen LogP) is 2.58. The van der Waals surface area contributed by atoms with E-state index < -0.39 is 0 Å². The summed E-state index contributed by atoms with van der Waals surface area (Å²) in [6.07, 6.45) is 1.75. The zero-order valence-electron chi connectivity index (χ0n) is 11.4. The highest BCUT2D eigenvalue weighted by Crippen LogP contribution is 2.21. The van der Waals surface area contributed by atoms with Crippen LogP contribution in [0, 0.1) is 0 Å². The summed E-state index contributed by atoms with van der Waals surface area (Å²) in [5.74, 6) is 0. The molecule has 0 aliphatic carbocycles. The first-order valence-corrected chi connectivity index (χ1v) is 7.36. The lowest BCUT2D eigenvalue weighted by molar-refractivity contribution is 0.109. The van der Waals surface area contributed by atoms with E-state index in [4.69, 9.17) is 9.47 Å². The molecule has 0 saturated carbocycles. The molecule has 0 aliphatic heterocycles. The van der Waals surface area contributed by atoms with E-state index in [9.17, 15) is 0 Å². The Balaban J connectivity index is 1.78. The van der Waals surface area contributed by atoms with Crippen molar-refractivity contribution in [2.45, 2.75) is 18.0 Å². The summed E-state index contributed by atoms with van der Waals surface area (Å²) in [7, 11) is 1.67. The van der Waals surface area contributed by atoms with Crippen LogP contribution in [0.4, 0.5) is 0 Å². The number of aromatic nitrogens is 3. The van der Waals surface area contributed by atoms with Gasteiger partial charge in [0.25, 0.3) is 0 Å². The molecule has 0 amide bonds. The molecule has 1 aromatic heterocycles. The average Bonchev–Trinajstić information content (AvgIpc) is 2.93. The number of hydrogen-bond donors (Lipinski definition) is 0. The minimum Gasteiger partial charge on any atom is -0.383 e. The second kappa shape index (κ2) is 8.14. The molecule has 0 saturated heterocycles. The van der Waals surface area contributed by atoms with E-state index in [1.54, 1.807) is 13.3 Å². The van der Waals surface area contributed by atoms with Crippen LogP contribution in [-0.4, -0.2) is 35.3 Å². The van der Waals surface area contributed by atoms with Crippen LogP contribution in [-0.2, 0) is 22.6 Å². The Morgan fingerprint density at radius 1 is 1.30 bits per heavy atom. The number of benzene rings is 1. The highest BCUT2D eigenvalue weighted by atomic mass is 79.9. The summed E-state index contributed by atoms with van der Waals surface area (Å²) in [4.78, 5) is 0.0941. The standard InChI is InChI=1S/C14H18BrN3O2/c1-19-11-13(15)14-9-16-17-18(14)7-8-20-10-12-5-3-2-4-6-12/h2-6,9,13H,7-8,10-11H2,1H3. The molecule has 5 nitrogen and oxygen atoms in total. The summed E-state index contributed by atoms with van der Waals surface area (Å²) < 4.78 is 12.6. The van der Waals surface area contributed by atoms with Crippen molar-refractivity contribution >= 4 is 15.9 Å². The van der Waals surface area contributed by atoms with Gasteiger partial charge in [0.15, 0.2) is 0 Å². The van der Waals surface area contributed by atoms with Crippen molar-refractivity contribution < 1.29 is 9.47 Å². The van der Waals surface area contributed by atoms with Crippen molar-refractivity contribution in [3.8, 4) is 0 Å². The SMILES string of the molecule is COCC(Br)c1cnnn1CCOCc1ccccc1. The maximum absolute atomic E-state index is 5.65. The van der Waals surface area contributed by atoms with E-state index in [1.807, 2.05) is 35.0 Å². The zero-order valence-corrected chi connectivity index (χ0v) is 13.0. The van der Waals surface area contributed by atoms with Gasteiger partial charge in [-0.05, 0) is 5.56 Å². The molecule has 2 rings (SSSR count). The van der Waals surface area contributed by atoms with Gasteiger partial charge >= 0.3 is 0 Å². The van der Waals surface area contributed by atoms with Crippen LogP contribution in [0.25, 0.3) is 0 Å². The van der Waals surface area contributed by atoms with Gasteiger partial charge in [-0.1, -0.05) is 51.5 Å². The summed E-state index contributed by atoms with van der Waals surface area (Å²) in [5, 5.41) is 8.00. The largest absolute Gasteiger partial charge is 0.383 e. The topological polar surface area (TPSA) is 49.2 Å². The van der Waals surface area contributed by atoms with Crippen molar-refractivity contribution in [2.24, 2.45) is 0 Å². The fraction of sp³-hybridized carbons (Fsp3) is 0.429. The smallest absolute Gasteiger partial charge is 0.0814 e. The molecule has 0 radical (unpaired) electrons. The third-order valence-corrected chi connectivity index (χ3v) is 3.57. The van der Waals surface area contributed by atoms with Gasteiger partial charge in [-0.15, -0.1) is 5.10 Å². The van der Waals surface area contributed by atoms with Crippen LogP contribution >= 0.6 is 15.9 Å². The predicted molar refractivity (Wildman–Crippen MR) is 79.7 cm³/mol. The van der Waals surface area contributed by atoms with Crippen molar-refractivity contribution in [3.05, 3.63) is 47.8 Å². The fourth-order valence-corrected chi connectivity index (χ4v) is 2.45. The third kappa shape index (κ3) is 4.40. The number of rotatable bonds is 8. The molecular weight excluding hydrogens is 322 g/mol. The van der Waals surface area contributed by atoms with Gasteiger partial charge in [0.05, 0.1) is 43.1 Å². The van der Waals surface area contributed by atoms with Gasteiger partial charge in [-0.3, -0.25) is 0 Å². The summed E-state index contributed by atoms with van der Waals surface area (Å²) >= 11 is 3.56. The summed E-state index contributed by atoms with van der Waals surface area (Å²) in [5.41, 5.74) is 2.17. The third-order valence-electron chi connectivity index (χ3n) is 2.84. The van der Waals surface area contributed by atoms with Crippen LogP contribution in [0.15, 0.2) is 36.5 Å². The molecule has 1 aromatic carbocycles. The normalized spacial score (nSPS) is 12.5. The van der Waals surface area contributed by atoms with Gasteiger partial charge in [-0.25, -0.2) is 4.68 Å². The Bertz CT molecular complexity index is 504. The number of methoxy groups -OCH3 is 1. The van der Waals surface area contributed by atoms with E-state index in [0.717, 1.165) is 5.69 Å². The molecule has 1 heterocycles. The Hall–Kier alpha value is -1.24. The van der Waals surface area contributed by atoms with Gasteiger partial charge in [0, 0.05) is 7.11 Å². The minimum absolute atomic E-state index is 0.0941. The van der Waals surface area contributed by atoms with Crippen LogP contribution in [0.1, 0.15) is 16.1 Å². The molecule has 0 bridgehead atoms. The molecule has 6 heteroatoms. The van der Waals surface area contributed by atoms with Crippen molar-refractivity contribution in [3.63, 3.8) is 0 Å². The van der Waals surface area contributed by atoms with Gasteiger partial charge in [-0.2, -0.15) is 0 Å². The molecule has 0 fully saturated rings. The lowest BCUT2D eigenvalue weighted by Gasteiger charge is -2.11. The fourth-order valence-electron chi connectivity index (χ4n) is 1.83. The molecule has 0 N–H and O–H groups in total. The molecule has 0 aliphatic rings. The maximum atomic E-state index is 5.65. The second-order valence-corrected chi connectivity index (χ2v) is 5.45. The molecule has 1 atom stereocenters. The second-order valence-electron chi connectivity index (χ2n) is 4.34. The van der Waals surface area contributed by atoms with E-state index in [1.165, 1.54) is 5.56 Å². The first-order valence-electron chi connectivity index (χ1n) is 6.44. The van der Waals surface area contributed by atoms with Crippen LogP contribution in [0.5, 0.6) is 0 Å². The molecule has 20 heavy (non-hydrogen) atoms. The van der Waals surface area contributed by atoms with Crippen molar-refractivity contribution in [2.75, 3.05) is 20.3 Å². The number of ether oxygens (including phenoxy) is 2. The van der Waals surface area contributed by atoms with E-state index in [2.05, 4.69) is 26.2 Å². The van der Waals surface area contributed by atoms with Gasteiger partial charge < -0.3 is 9.47 Å². The highest BCUT2D eigenvalue weighted by molar-refractivity contribution is 9.09. The number of hydrogen-bond acceptors (Lipinski definition) is 4. The maximum Gasteiger partial charge on any atom is 0.0814 e. The lowest BCUT2D eigenvalue weighted by atomic mass is 10.2. The Morgan fingerprint density at radius 2 is 2.10 bits per heavy atom. The van der Waals surface area contributed by atoms with Gasteiger partial charge in [0.1, 0.15) is 0 Å². The van der Waals surface area contributed by atoms with Crippen LogP contribution in [0.3, 0.4) is 0 Å². The molecular formula is C14H18BrN3O2. The Morgan fingerprint density at radius 3 is 2.85 bits per heavy atom. The molecule has 0 spiro atoms. The Labute approximate surface area is 127 Å². The van der Waals surface area contributed by atoms with Crippen LogP contribution in [0.2, 0.25) is 0 Å². The van der Waals surface area contributed by atoms with Gasteiger partial charge in [0.2, 0.25) is 0 Å². The molecule has 108 valence electrons. The Kier molecular flexibility index (Phi) is 6.17. The van der Waals surface area contributed by atoms with E-state index in [-0.39, 0.29) is 4.83 Å².